The van der Waals surface area contributed by atoms with Crippen molar-refractivity contribution in [3.05, 3.63) is 11.4 Å². The molecular formula is C12H19N3O3. The van der Waals surface area contributed by atoms with Crippen LogP contribution in [-0.2, 0) is 13.0 Å². The lowest BCUT2D eigenvalue weighted by molar-refractivity contribution is 0.0689. The standard InChI is InChI=1S/C12H19N3O3/c1-8(4-5-16)7-15-10(6-9-2-3-9)11(12(17)18)13-14-15/h8-9,16H,2-7H2,1H3,(H,17,18). The number of carboxylic acids is 1. The zero-order valence-electron chi connectivity index (χ0n) is 10.5. The van der Waals surface area contributed by atoms with Gasteiger partial charge in [-0.1, -0.05) is 12.1 Å². The van der Waals surface area contributed by atoms with Gasteiger partial charge < -0.3 is 10.2 Å². The minimum atomic E-state index is -1.01. The molecule has 0 bridgehead atoms. The fourth-order valence-electron chi connectivity index (χ4n) is 2.05. The number of aliphatic hydroxyl groups is 1. The fraction of sp³-hybridized carbons (Fsp3) is 0.750. The summed E-state index contributed by atoms with van der Waals surface area (Å²) < 4.78 is 1.70. The van der Waals surface area contributed by atoms with Gasteiger partial charge in [0.1, 0.15) is 0 Å². The molecule has 6 nitrogen and oxygen atoms in total. The van der Waals surface area contributed by atoms with E-state index in [0.29, 0.717) is 18.9 Å². The van der Waals surface area contributed by atoms with Crippen molar-refractivity contribution in [2.75, 3.05) is 6.61 Å². The second-order valence-corrected chi connectivity index (χ2v) is 5.14. The van der Waals surface area contributed by atoms with Crippen LogP contribution in [0.25, 0.3) is 0 Å². The molecule has 1 aliphatic carbocycles. The Morgan fingerprint density at radius 3 is 2.83 bits per heavy atom. The molecule has 0 spiro atoms. The predicted molar refractivity (Wildman–Crippen MR) is 64.3 cm³/mol. The molecule has 18 heavy (non-hydrogen) atoms. The number of rotatable bonds is 7. The second kappa shape index (κ2) is 5.48. The van der Waals surface area contributed by atoms with Gasteiger partial charge in [-0.15, -0.1) is 5.10 Å². The zero-order valence-corrected chi connectivity index (χ0v) is 10.5. The highest BCUT2D eigenvalue weighted by Crippen LogP contribution is 2.33. The first-order valence-electron chi connectivity index (χ1n) is 6.38. The van der Waals surface area contributed by atoms with Gasteiger partial charge in [-0.3, -0.25) is 0 Å². The van der Waals surface area contributed by atoms with Gasteiger partial charge in [0.2, 0.25) is 0 Å². The highest BCUT2D eigenvalue weighted by atomic mass is 16.4. The summed E-state index contributed by atoms with van der Waals surface area (Å²) in [5, 5.41) is 25.7. The fourth-order valence-corrected chi connectivity index (χ4v) is 2.05. The Morgan fingerprint density at radius 2 is 2.28 bits per heavy atom. The first-order valence-corrected chi connectivity index (χ1v) is 6.38. The third-order valence-corrected chi connectivity index (χ3v) is 3.33. The van der Waals surface area contributed by atoms with Crippen molar-refractivity contribution >= 4 is 5.97 Å². The Bertz CT molecular complexity index is 426. The molecule has 0 radical (unpaired) electrons. The number of aliphatic hydroxyl groups excluding tert-OH is 1. The smallest absolute Gasteiger partial charge is 0.358 e. The van der Waals surface area contributed by atoms with Crippen LogP contribution in [0.15, 0.2) is 0 Å². The summed E-state index contributed by atoms with van der Waals surface area (Å²) >= 11 is 0. The Morgan fingerprint density at radius 1 is 1.56 bits per heavy atom. The van der Waals surface area contributed by atoms with Crippen LogP contribution < -0.4 is 0 Å². The first-order chi connectivity index (χ1) is 8.61. The lowest BCUT2D eigenvalue weighted by Crippen LogP contribution is -2.15. The zero-order chi connectivity index (χ0) is 13.1. The third kappa shape index (κ3) is 3.07. The molecule has 0 amide bonds. The second-order valence-electron chi connectivity index (χ2n) is 5.14. The number of hydrogen-bond acceptors (Lipinski definition) is 4. The van der Waals surface area contributed by atoms with Crippen LogP contribution in [0.4, 0.5) is 0 Å². The summed E-state index contributed by atoms with van der Waals surface area (Å²) in [7, 11) is 0. The molecule has 1 saturated carbocycles. The summed E-state index contributed by atoms with van der Waals surface area (Å²) in [5.41, 5.74) is 0.813. The molecule has 1 unspecified atom stereocenters. The van der Waals surface area contributed by atoms with Crippen LogP contribution in [0.3, 0.4) is 0 Å². The third-order valence-electron chi connectivity index (χ3n) is 3.33. The molecule has 0 aliphatic heterocycles. The van der Waals surface area contributed by atoms with Crippen molar-refractivity contribution in [3.63, 3.8) is 0 Å². The number of carboxylic acid groups (broad SMARTS) is 1. The molecule has 2 N–H and O–H groups in total. The molecule has 1 aliphatic rings. The van der Waals surface area contributed by atoms with Crippen LogP contribution in [0.1, 0.15) is 42.4 Å². The summed E-state index contributed by atoms with van der Waals surface area (Å²) in [6.07, 6.45) is 3.76. The quantitative estimate of drug-likeness (QED) is 0.755. The van der Waals surface area contributed by atoms with E-state index in [-0.39, 0.29) is 18.2 Å². The van der Waals surface area contributed by atoms with Gasteiger partial charge in [-0.25, -0.2) is 9.48 Å². The number of carbonyl (C=O) groups is 1. The van der Waals surface area contributed by atoms with Crippen molar-refractivity contribution in [3.8, 4) is 0 Å². The maximum absolute atomic E-state index is 11.1. The van der Waals surface area contributed by atoms with Crippen LogP contribution >= 0.6 is 0 Å². The monoisotopic (exact) mass is 253 g/mol. The van der Waals surface area contributed by atoms with E-state index in [9.17, 15) is 4.79 Å². The Hall–Kier alpha value is -1.43. The van der Waals surface area contributed by atoms with Gasteiger partial charge in [0.05, 0.1) is 5.69 Å². The maximum atomic E-state index is 11.1. The number of aromatic nitrogens is 3. The van der Waals surface area contributed by atoms with Gasteiger partial charge in [0.15, 0.2) is 5.69 Å². The Kier molecular flexibility index (Phi) is 3.96. The summed E-state index contributed by atoms with van der Waals surface area (Å²) in [4.78, 5) is 11.1. The molecule has 1 aromatic heterocycles. The van der Waals surface area contributed by atoms with Gasteiger partial charge >= 0.3 is 5.97 Å². The highest BCUT2D eigenvalue weighted by Gasteiger charge is 2.28. The number of nitrogens with zero attached hydrogens (tertiary/aromatic N) is 3. The molecule has 1 fully saturated rings. The van der Waals surface area contributed by atoms with E-state index in [4.69, 9.17) is 10.2 Å². The van der Waals surface area contributed by atoms with Gasteiger partial charge in [-0.2, -0.15) is 0 Å². The normalized spacial score (nSPS) is 16.8. The largest absolute Gasteiger partial charge is 0.476 e. The molecule has 2 rings (SSSR count). The average molecular weight is 253 g/mol. The molecule has 1 atom stereocenters. The number of hydrogen-bond donors (Lipinski definition) is 2. The summed E-state index contributed by atoms with van der Waals surface area (Å²) in [6.45, 7) is 2.77. The van der Waals surface area contributed by atoms with Crippen molar-refractivity contribution in [2.24, 2.45) is 11.8 Å². The van der Waals surface area contributed by atoms with E-state index in [2.05, 4.69) is 10.3 Å². The molecule has 0 saturated heterocycles. The molecule has 100 valence electrons. The molecular weight excluding hydrogens is 234 g/mol. The molecule has 1 heterocycles. The predicted octanol–water partition coefficient (Wildman–Crippen LogP) is 0.947. The van der Waals surface area contributed by atoms with Crippen molar-refractivity contribution < 1.29 is 15.0 Å². The van der Waals surface area contributed by atoms with Gasteiger partial charge in [0, 0.05) is 13.2 Å². The maximum Gasteiger partial charge on any atom is 0.358 e. The van der Waals surface area contributed by atoms with Crippen molar-refractivity contribution in [2.45, 2.75) is 39.2 Å². The van der Waals surface area contributed by atoms with Crippen LogP contribution in [-0.4, -0.2) is 37.8 Å². The van der Waals surface area contributed by atoms with Crippen LogP contribution in [0, 0.1) is 11.8 Å². The highest BCUT2D eigenvalue weighted by molar-refractivity contribution is 5.86. The summed E-state index contributed by atoms with van der Waals surface area (Å²) in [6, 6.07) is 0. The average Bonchev–Trinajstić information content (AvgIpc) is 3.02. The van der Waals surface area contributed by atoms with Crippen LogP contribution in [0.2, 0.25) is 0 Å². The topological polar surface area (TPSA) is 88.2 Å². The Labute approximate surface area is 106 Å². The molecule has 0 aromatic carbocycles. The van der Waals surface area contributed by atoms with Gasteiger partial charge in [0.25, 0.3) is 0 Å². The van der Waals surface area contributed by atoms with E-state index < -0.39 is 5.97 Å². The minimum Gasteiger partial charge on any atom is -0.476 e. The van der Waals surface area contributed by atoms with Crippen LogP contribution in [0.5, 0.6) is 0 Å². The van der Waals surface area contributed by atoms with E-state index in [1.807, 2.05) is 6.92 Å². The SMILES string of the molecule is CC(CCO)Cn1nnc(C(=O)O)c1CC1CC1. The molecule has 1 aromatic rings. The number of aromatic carboxylic acids is 1. The first kappa shape index (κ1) is 13.0. The lowest BCUT2D eigenvalue weighted by Gasteiger charge is -2.12. The van der Waals surface area contributed by atoms with Gasteiger partial charge in [-0.05, 0) is 37.5 Å². The summed E-state index contributed by atoms with van der Waals surface area (Å²) in [5.74, 6) is -0.156. The van der Waals surface area contributed by atoms with Crippen molar-refractivity contribution in [1.82, 2.24) is 15.0 Å². The Balaban J connectivity index is 2.14. The minimum absolute atomic E-state index is 0.0816. The van der Waals surface area contributed by atoms with E-state index >= 15 is 0 Å². The van der Waals surface area contributed by atoms with E-state index in [0.717, 1.165) is 25.0 Å². The van der Waals surface area contributed by atoms with E-state index in [1.165, 1.54) is 0 Å². The molecule has 6 heteroatoms. The van der Waals surface area contributed by atoms with Crippen molar-refractivity contribution in [1.29, 1.82) is 0 Å². The lowest BCUT2D eigenvalue weighted by atomic mass is 10.1. The van der Waals surface area contributed by atoms with E-state index in [1.54, 1.807) is 4.68 Å².